The zero-order chi connectivity index (χ0) is 9.66. The van der Waals surface area contributed by atoms with Crippen LogP contribution in [0.3, 0.4) is 0 Å². The van der Waals surface area contributed by atoms with Crippen molar-refractivity contribution in [1.29, 1.82) is 0 Å². The molecule has 1 nitrogen and oxygen atoms in total. The third-order valence-corrected chi connectivity index (χ3v) is 1.96. The molecule has 0 bridgehead atoms. The van der Waals surface area contributed by atoms with Crippen LogP contribution in [0.2, 0.25) is 0 Å². The van der Waals surface area contributed by atoms with E-state index in [1.165, 1.54) is 51.4 Å². The van der Waals surface area contributed by atoms with Crippen LogP contribution in [0.4, 0.5) is 0 Å². The van der Waals surface area contributed by atoms with E-state index >= 15 is 0 Å². The fraction of sp³-hybridized carbons (Fsp3) is 1.00. The van der Waals surface area contributed by atoms with Crippen molar-refractivity contribution >= 4 is 10.5 Å². The molecule has 0 rings (SSSR count). The molecule has 0 heterocycles. The van der Waals surface area contributed by atoms with E-state index in [0.29, 0.717) is 10.5 Å². The summed E-state index contributed by atoms with van der Waals surface area (Å²) in [6.07, 6.45) is 11.5. The lowest BCUT2D eigenvalue weighted by Crippen LogP contribution is -1.77. The van der Waals surface area contributed by atoms with Gasteiger partial charge in [-0.1, -0.05) is 65.2 Å². The summed E-state index contributed by atoms with van der Waals surface area (Å²) >= 11 is 0. The molecule has 0 aromatic rings. The number of hydrogen-bond donors (Lipinski definition) is 1. The van der Waals surface area contributed by atoms with Gasteiger partial charge in [-0.25, -0.2) is 0 Å². The van der Waals surface area contributed by atoms with Crippen molar-refractivity contribution in [2.75, 3.05) is 0 Å². The minimum atomic E-state index is 0.306. The molecular formula is C10H26OSi. The van der Waals surface area contributed by atoms with Crippen LogP contribution in [-0.4, -0.2) is 15.3 Å². The quantitative estimate of drug-likeness (QED) is 0.483. The molecule has 0 aliphatic heterocycles. The second-order valence-corrected chi connectivity index (χ2v) is 3.12. The van der Waals surface area contributed by atoms with Gasteiger partial charge in [-0.15, -0.1) is 0 Å². The fourth-order valence-electron chi connectivity index (χ4n) is 1.21. The zero-order valence-electron chi connectivity index (χ0n) is 9.10. The van der Waals surface area contributed by atoms with E-state index in [9.17, 15) is 0 Å². The molecule has 0 saturated carbocycles. The number of hydrogen-bond acceptors (Lipinski definition) is 1. The highest BCUT2D eigenvalue weighted by Crippen LogP contribution is 2.07. The Morgan fingerprint density at radius 1 is 0.667 bits per heavy atom. The van der Waals surface area contributed by atoms with Crippen LogP contribution in [-0.2, 0) is 0 Å². The van der Waals surface area contributed by atoms with Crippen molar-refractivity contribution in [3.05, 3.63) is 0 Å². The normalized spacial score (nSPS) is 9.25. The van der Waals surface area contributed by atoms with E-state index in [4.69, 9.17) is 4.80 Å². The van der Waals surface area contributed by atoms with Gasteiger partial charge in [-0.05, 0) is 0 Å². The molecule has 0 aliphatic rings. The van der Waals surface area contributed by atoms with Crippen LogP contribution in [0.25, 0.3) is 0 Å². The molecule has 12 heavy (non-hydrogen) atoms. The molecular weight excluding hydrogens is 164 g/mol. The summed E-state index contributed by atoms with van der Waals surface area (Å²) in [5.74, 6) is 0. The molecule has 0 aliphatic carbocycles. The highest BCUT2D eigenvalue weighted by molar-refractivity contribution is 5.95. The molecule has 0 spiro atoms. The Hall–Kier alpha value is 0.177. The van der Waals surface area contributed by atoms with Crippen LogP contribution < -0.4 is 0 Å². The van der Waals surface area contributed by atoms with E-state index in [1.807, 2.05) is 0 Å². The maximum absolute atomic E-state index is 7.14. The first-order valence-corrected chi connectivity index (χ1v) is 6.26. The summed E-state index contributed by atoms with van der Waals surface area (Å²) in [6.45, 7) is 4.54. The van der Waals surface area contributed by atoms with Crippen LogP contribution in [0.1, 0.15) is 65.2 Å². The maximum atomic E-state index is 7.14. The molecule has 0 radical (unpaired) electrons. The predicted octanol–water partition coefficient (Wildman–Crippen LogP) is 2.41. The van der Waals surface area contributed by atoms with Crippen molar-refractivity contribution in [3.63, 3.8) is 0 Å². The molecule has 0 atom stereocenters. The molecule has 0 amide bonds. The van der Waals surface area contributed by atoms with Gasteiger partial charge in [0.15, 0.2) is 0 Å². The summed E-state index contributed by atoms with van der Waals surface area (Å²) in [5, 5.41) is 0. The predicted molar refractivity (Wildman–Crippen MR) is 60.4 cm³/mol. The van der Waals surface area contributed by atoms with E-state index < -0.39 is 0 Å². The SMILES string of the molecule is CCCCCCCCCC.O[SiH3]. The lowest BCUT2D eigenvalue weighted by molar-refractivity contribution is 0.585. The third kappa shape index (κ3) is 16.6. The molecule has 1 N–H and O–H groups in total. The average molecular weight is 190 g/mol. The largest absolute Gasteiger partial charge is 0.442 e. The Kier molecular flexibility index (Phi) is 21.2. The van der Waals surface area contributed by atoms with Crippen molar-refractivity contribution in [2.24, 2.45) is 0 Å². The van der Waals surface area contributed by atoms with Gasteiger partial charge in [-0.2, -0.15) is 0 Å². The van der Waals surface area contributed by atoms with E-state index in [2.05, 4.69) is 13.8 Å². The summed E-state index contributed by atoms with van der Waals surface area (Å²) in [7, 11) is 0.306. The first-order chi connectivity index (χ1) is 5.91. The molecule has 0 aromatic carbocycles. The van der Waals surface area contributed by atoms with Gasteiger partial charge in [-0.3, -0.25) is 0 Å². The average Bonchev–Trinajstić information content (AvgIpc) is 2.15. The summed E-state index contributed by atoms with van der Waals surface area (Å²) < 4.78 is 0. The Labute approximate surface area is 81.1 Å². The third-order valence-electron chi connectivity index (χ3n) is 1.96. The highest BCUT2D eigenvalue weighted by Gasteiger charge is 1.87. The fourth-order valence-corrected chi connectivity index (χ4v) is 1.21. The molecule has 0 saturated heterocycles. The second kappa shape index (κ2) is 17.3. The molecule has 0 unspecified atom stereocenters. The van der Waals surface area contributed by atoms with E-state index in [1.54, 1.807) is 0 Å². The van der Waals surface area contributed by atoms with Gasteiger partial charge in [0.1, 0.15) is 10.5 Å². The van der Waals surface area contributed by atoms with E-state index in [0.717, 1.165) is 0 Å². The van der Waals surface area contributed by atoms with Crippen molar-refractivity contribution in [1.82, 2.24) is 0 Å². The van der Waals surface area contributed by atoms with Gasteiger partial charge in [0.25, 0.3) is 0 Å². The number of unbranched alkanes of at least 4 members (excludes halogenated alkanes) is 7. The van der Waals surface area contributed by atoms with Crippen LogP contribution in [0.15, 0.2) is 0 Å². The topological polar surface area (TPSA) is 20.2 Å². The van der Waals surface area contributed by atoms with Crippen molar-refractivity contribution in [3.8, 4) is 0 Å². The van der Waals surface area contributed by atoms with Gasteiger partial charge < -0.3 is 4.80 Å². The van der Waals surface area contributed by atoms with Gasteiger partial charge in [0.05, 0.1) is 0 Å². The Morgan fingerprint density at radius 2 is 0.917 bits per heavy atom. The first-order valence-electron chi connectivity index (χ1n) is 5.36. The molecule has 2 heteroatoms. The maximum Gasteiger partial charge on any atom is 0.141 e. The van der Waals surface area contributed by atoms with Gasteiger partial charge in [0, 0.05) is 0 Å². The van der Waals surface area contributed by atoms with Crippen molar-refractivity contribution in [2.45, 2.75) is 65.2 Å². The highest BCUT2D eigenvalue weighted by atomic mass is 28.2. The lowest BCUT2D eigenvalue weighted by Gasteiger charge is -1.97. The van der Waals surface area contributed by atoms with Crippen LogP contribution in [0.5, 0.6) is 0 Å². The minimum Gasteiger partial charge on any atom is -0.442 e. The Balaban J connectivity index is 0. The minimum absolute atomic E-state index is 0.306. The molecule has 0 fully saturated rings. The smallest absolute Gasteiger partial charge is 0.141 e. The Morgan fingerprint density at radius 3 is 1.17 bits per heavy atom. The summed E-state index contributed by atoms with van der Waals surface area (Å²) in [5.41, 5.74) is 0. The van der Waals surface area contributed by atoms with Crippen molar-refractivity contribution < 1.29 is 4.80 Å². The van der Waals surface area contributed by atoms with Gasteiger partial charge in [0.2, 0.25) is 0 Å². The Bertz CT molecular complexity index is 49.8. The monoisotopic (exact) mass is 190 g/mol. The van der Waals surface area contributed by atoms with E-state index in [-0.39, 0.29) is 0 Å². The number of rotatable bonds is 7. The van der Waals surface area contributed by atoms with Crippen LogP contribution >= 0.6 is 0 Å². The first kappa shape index (κ1) is 14.7. The standard InChI is InChI=1S/C10H22.H4OSi/c1-3-5-7-9-10-8-6-4-2;1-2/h3-10H2,1-2H3;1H,2H3. The lowest BCUT2D eigenvalue weighted by atomic mass is 10.1. The summed E-state index contributed by atoms with van der Waals surface area (Å²) in [4.78, 5) is 7.14. The van der Waals surface area contributed by atoms with Gasteiger partial charge >= 0.3 is 0 Å². The van der Waals surface area contributed by atoms with Crippen LogP contribution in [0, 0.1) is 0 Å². The molecule has 76 valence electrons. The molecule has 0 aromatic heterocycles. The summed E-state index contributed by atoms with van der Waals surface area (Å²) in [6, 6.07) is 0. The second-order valence-electron chi connectivity index (χ2n) is 3.12. The zero-order valence-corrected chi connectivity index (χ0v) is 11.1.